The number of likely N-dealkylation sites (tertiary alicyclic amines) is 1. The molecule has 0 spiro atoms. The van der Waals surface area contributed by atoms with Crippen LogP contribution in [0.4, 0.5) is 0 Å². The molecule has 1 aromatic carbocycles. The van der Waals surface area contributed by atoms with Crippen molar-refractivity contribution in [3.05, 3.63) is 41.6 Å². The Morgan fingerprint density at radius 2 is 2.00 bits per heavy atom. The summed E-state index contributed by atoms with van der Waals surface area (Å²) in [4.78, 5) is 29.6. The summed E-state index contributed by atoms with van der Waals surface area (Å²) >= 11 is 0. The first kappa shape index (κ1) is 22.0. The SMILES string of the molecule is C=C1CCC(N2Cc3cc(O[C@H]4CCC[C@@H]4N4CCC(C)(C#N)CC4)ccc3C2=O)C(=O)N1. The van der Waals surface area contributed by atoms with Gasteiger partial charge in [0.15, 0.2) is 0 Å². The molecule has 1 unspecified atom stereocenters. The molecule has 3 atom stereocenters. The second-order valence-electron chi connectivity index (χ2n) is 10.3. The van der Waals surface area contributed by atoms with Crippen molar-refractivity contribution in [3.8, 4) is 11.8 Å². The van der Waals surface area contributed by atoms with Crippen LogP contribution in [-0.2, 0) is 11.3 Å². The van der Waals surface area contributed by atoms with Crippen molar-refractivity contribution in [1.29, 1.82) is 5.26 Å². The summed E-state index contributed by atoms with van der Waals surface area (Å²) in [6.45, 7) is 8.21. The zero-order chi connectivity index (χ0) is 23.2. The molecular formula is C26H32N4O3. The molecule has 0 bridgehead atoms. The first-order chi connectivity index (χ1) is 15.9. The zero-order valence-electron chi connectivity index (χ0n) is 19.3. The highest BCUT2D eigenvalue weighted by Crippen LogP contribution is 2.36. The normalized spacial score (nSPS) is 29.5. The van der Waals surface area contributed by atoms with Crippen LogP contribution in [0.15, 0.2) is 30.5 Å². The van der Waals surface area contributed by atoms with E-state index in [0.29, 0.717) is 36.7 Å². The Balaban J connectivity index is 1.25. The van der Waals surface area contributed by atoms with Crippen molar-refractivity contribution in [3.63, 3.8) is 0 Å². The van der Waals surface area contributed by atoms with Crippen LogP contribution in [-0.4, -0.2) is 52.9 Å². The van der Waals surface area contributed by atoms with Gasteiger partial charge in [0, 0.05) is 36.9 Å². The Morgan fingerprint density at radius 1 is 1.21 bits per heavy atom. The van der Waals surface area contributed by atoms with Crippen LogP contribution in [0.5, 0.6) is 5.75 Å². The van der Waals surface area contributed by atoms with Crippen molar-refractivity contribution < 1.29 is 14.3 Å². The number of piperidine rings is 2. The van der Waals surface area contributed by atoms with Gasteiger partial charge in [0.2, 0.25) is 5.91 Å². The van der Waals surface area contributed by atoms with E-state index in [2.05, 4.69) is 29.8 Å². The molecule has 3 fully saturated rings. The number of fused-ring (bicyclic) bond motifs is 1. The number of hydrogen-bond donors (Lipinski definition) is 1. The van der Waals surface area contributed by atoms with Crippen LogP contribution < -0.4 is 10.1 Å². The summed E-state index contributed by atoms with van der Waals surface area (Å²) in [5, 5.41) is 12.2. The largest absolute Gasteiger partial charge is 0.489 e. The van der Waals surface area contributed by atoms with Crippen LogP contribution in [0.1, 0.15) is 67.8 Å². The average Bonchev–Trinajstić information content (AvgIpc) is 3.39. The van der Waals surface area contributed by atoms with Crippen LogP contribution in [0.25, 0.3) is 0 Å². The highest BCUT2D eigenvalue weighted by atomic mass is 16.5. The number of allylic oxidation sites excluding steroid dienone is 1. The van der Waals surface area contributed by atoms with E-state index < -0.39 is 6.04 Å². The molecule has 0 aromatic heterocycles. The van der Waals surface area contributed by atoms with E-state index >= 15 is 0 Å². The van der Waals surface area contributed by atoms with Gasteiger partial charge in [0.25, 0.3) is 5.91 Å². The minimum Gasteiger partial charge on any atom is -0.489 e. The lowest BCUT2D eigenvalue weighted by molar-refractivity contribution is -0.126. The molecule has 3 aliphatic heterocycles. The Kier molecular flexibility index (Phi) is 5.65. The quantitative estimate of drug-likeness (QED) is 0.763. The van der Waals surface area contributed by atoms with Gasteiger partial charge in [-0.05, 0) is 75.6 Å². The van der Waals surface area contributed by atoms with Gasteiger partial charge in [0.05, 0.1) is 11.5 Å². The van der Waals surface area contributed by atoms with Crippen molar-refractivity contribution in [2.24, 2.45) is 5.41 Å². The Labute approximate surface area is 195 Å². The Hall–Kier alpha value is -2.85. The fourth-order valence-electron chi connectivity index (χ4n) is 5.80. The van der Waals surface area contributed by atoms with Gasteiger partial charge in [-0.1, -0.05) is 6.58 Å². The maximum absolute atomic E-state index is 13.0. The van der Waals surface area contributed by atoms with E-state index in [1.807, 2.05) is 18.2 Å². The van der Waals surface area contributed by atoms with Crippen molar-refractivity contribution in [2.75, 3.05) is 13.1 Å². The van der Waals surface area contributed by atoms with Gasteiger partial charge in [0.1, 0.15) is 17.9 Å². The molecule has 1 aliphatic carbocycles. The third-order valence-corrected chi connectivity index (χ3v) is 7.95. The molecule has 1 aromatic rings. The molecule has 2 saturated heterocycles. The van der Waals surface area contributed by atoms with E-state index in [1.165, 1.54) is 0 Å². The number of amides is 2. The summed E-state index contributed by atoms with van der Waals surface area (Å²) < 4.78 is 6.47. The molecule has 174 valence electrons. The second kappa shape index (κ2) is 8.49. The van der Waals surface area contributed by atoms with E-state index in [0.717, 1.165) is 56.5 Å². The smallest absolute Gasteiger partial charge is 0.255 e. The summed E-state index contributed by atoms with van der Waals surface area (Å²) in [6, 6.07) is 8.12. The topological polar surface area (TPSA) is 85.7 Å². The highest BCUT2D eigenvalue weighted by Gasteiger charge is 2.40. The molecule has 33 heavy (non-hydrogen) atoms. The maximum atomic E-state index is 13.0. The Morgan fingerprint density at radius 3 is 2.73 bits per heavy atom. The molecule has 0 radical (unpaired) electrons. The first-order valence-electron chi connectivity index (χ1n) is 12.1. The molecule has 7 heteroatoms. The summed E-state index contributed by atoms with van der Waals surface area (Å²) in [5.74, 6) is 0.559. The fourth-order valence-corrected chi connectivity index (χ4v) is 5.80. The number of carbonyl (C=O) groups excluding carboxylic acids is 2. The van der Waals surface area contributed by atoms with Crippen LogP contribution >= 0.6 is 0 Å². The number of nitriles is 1. The van der Waals surface area contributed by atoms with Crippen molar-refractivity contribution in [1.82, 2.24) is 15.1 Å². The van der Waals surface area contributed by atoms with Gasteiger partial charge in [-0.2, -0.15) is 5.26 Å². The summed E-state index contributed by atoms with van der Waals surface area (Å²) in [7, 11) is 0. The lowest BCUT2D eigenvalue weighted by Crippen LogP contribution is -2.49. The number of rotatable bonds is 4. The lowest BCUT2D eigenvalue weighted by atomic mass is 9.81. The highest BCUT2D eigenvalue weighted by molar-refractivity contribution is 6.01. The Bertz CT molecular complexity index is 1020. The molecular weight excluding hydrogens is 416 g/mol. The van der Waals surface area contributed by atoms with Gasteiger partial charge < -0.3 is 15.0 Å². The van der Waals surface area contributed by atoms with Crippen LogP contribution in [0.2, 0.25) is 0 Å². The third kappa shape index (κ3) is 4.13. The third-order valence-electron chi connectivity index (χ3n) is 7.95. The minimum atomic E-state index is -0.447. The van der Waals surface area contributed by atoms with Gasteiger partial charge in [-0.3, -0.25) is 14.5 Å². The fraction of sp³-hybridized carbons (Fsp3) is 0.577. The lowest BCUT2D eigenvalue weighted by Gasteiger charge is -2.40. The number of carbonyl (C=O) groups is 2. The van der Waals surface area contributed by atoms with E-state index in [9.17, 15) is 14.9 Å². The molecule has 3 heterocycles. The molecule has 1 saturated carbocycles. The molecule has 7 nitrogen and oxygen atoms in total. The average molecular weight is 449 g/mol. The predicted octanol–water partition coefficient (Wildman–Crippen LogP) is 3.36. The summed E-state index contributed by atoms with van der Waals surface area (Å²) in [5.41, 5.74) is 2.10. The number of nitrogens with one attached hydrogen (secondary N) is 1. The van der Waals surface area contributed by atoms with Gasteiger partial charge >= 0.3 is 0 Å². The predicted molar refractivity (Wildman–Crippen MR) is 123 cm³/mol. The number of ether oxygens (including phenoxy) is 1. The molecule has 5 rings (SSSR count). The van der Waals surface area contributed by atoms with E-state index in [-0.39, 0.29) is 23.3 Å². The standard InChI is InChI=1S/C26H32N4O3/c1-17-6-9-22(24(31)28-17)30-15-18-14-19(7-8-20(18)25(30)32)33-23-5-3-4-21(23)29-12-10-26(2,16-27)11-13-29/h7-8,14,21-23H,1,3-6,9-13,15H2,2H3,(H,28,31)/t21-,22?,23-/m0/s1. The summed E-state index contributed by atoms with van der Waals surface area (Å²) in [6.07, 6.45) is 6.52. The maximum Gasteiger partial charge on any atom is 0.255 e. The number of benzene rings is 1. The first-order valence-corrected chi connectivity index (χ1v) is 12.1. The number of nitrogens with zero attached hydrogens (tertiary/aromatic N) is 3. The number of hydrogen-bond acceptors (Lipinski definition) is 5. The van der Waals surface area contributed by atoms with E-state index in [4.69, 9.17) is 4.74 Å². The van der Waals surface area contributed by atoms with Gasteiger partial charge in [-0.15, -0.1) is 0 Å². The molecule has 1 N–H and O–H groups in total. The zero-order valence-corrected chi connectivity index (χ0v) is 19.3. The molecule has 2 amide bonds. The van der Waals surface area contributed by atoms with Crippen molar-refractivity contribution in [2.45, 2.75) is 76.6 Å². The monoisotopic (exact) mass is 448 g/mol. The van der Waals surface area contributed by atoms with Crippen LogP contribution in [0.3, 0.4) is 0 Å². The second-order valence-corrected chi connectivity index (χ2v) is 10.3. The minimum absolute atomic E-state index is 0.0863. The van der Waals surface area contributed by atoms with Crippen LogP contribution in [0, 0.1) is 16.7 Å². The molecule has 4 aliphatic rings. The van der Waals surface area contributed by atoms with Gasteiger partial charge in [-0.25, -0.2) is 0 Å². The van der Waals surface area contributed by atoms with E-state index in [1.54, 1.807) is 4.90 Å². The van der Waals surface area contributed by atoms with Crippen molar-refractivity contribution >= 4 is 11.8 Å².